The molecule has 1 fully saturated rings. The van der Waals surface area contributed by atoms with E-state index >= 15 is 0 Å². The maximum Gasteiger partial charge on any atom is 0.250 e. The van der Waals surface area contributed by atoms with Crippen LogP contribution in [-0.2, 0) is 0 Å². The van der Waals surface area contributed by atoms with Crippen LogP contribution in [0.4, 0.5) is 0 Å². The Morgan fingerprint density at radius 2 is 2.11 bits per heavy atom. The molecule has 2 aromatic rings. The van der Waals surface area contributed by atoms with Gasteiger partial charge in [-0.2, -0.15) is 0 Å². The van der Waals surface area contributed by atoms with Gasteiger partial charge in [-0.25, -0.2) is 0 Å². The Hall–Kier alpha value is -1.81. The van der Waals surface area contributed by atoms with Crippen LogP contribution in [0.1, 0.15) is 41.1 Å². The molecule has 1 heterocycles. The van der Waals surface area contributed by atoms with Crippen molar-refractivity contribution in [3.63, 3.8) is 0 Å². The van der Waals surface area contributed by atoms with Crippen LogP contribution < -0.4 is 11.5 Å². The molecule has 1 amide bonds. The molecule has 0 aliphatic heterocycles. The molecule has 1 aliphatic carbocycles. The van der Waals surface area contributed by atoms with Crippen LogP contribution >= 0.6 is 0 Å². The standard InChI is InChI=1S/C14H17N3O/c15-9-2-1-8(7-9)10-3-4-12(14(16)18)13-11(10)5-6-17-13/h3-6,8-9,17H,1-2,7,15H2,(H2,16,18)/t8-,9+/m0/s1. The summed E-state index contributed by atoms with van der Waals surface area (Å²) in [6, 6.07) is 6.17. The van der Waals surface area contributed by atoms with Gasteiger partial charge in [-0.1, -0.05) is 6.07 Å². The van der Waals surface area contributed by atoms with Gasteiger partial charge in [0.15, 0.2) is 0 Å². The number of rotatable bonds is 2. The summed E-state index contributed by atoms with van der Waals surface area (Å²) in [5.41, 5.74) is 14.0. The molecule has 0 spiro atoms. The molecule has 0 saturated heterocycles. The van der Waals surface area contributed by atoms with Gasteiger partial charge < -0.3 is 16.5 Å². The third-order valence-corrected chi connectivity index (χ3v) is 3.94. The minimum Gasteiger partial charge on any atom is -0.366 e. The van der Waals surface area contributed by atoms with E-state index in [0.29, 0.717) is 17.5 Å². The van der Waals surface area contributed by atoms with E-state index in [4.69, 9.17) is 11.5 Å². The molecule has 1 aliphatic rings. The molecule has 0 radical (unpaired) electrons. The van der Waals surface area contributed by atoms with Crippen molar-refractivity contribution in [2.75, 3.05) is 0 Å². The molecule has 0 unspecified atom stereocenters. The average Bonchev–Trinajstić information content (AvgIpc) is 2.95. The quantitative estimate of drug-likeness (QED) is 0.752. The Bertz CT molecular complexity index is 602. The predicted octanol–water partition coefficient (Wildman–Crippen LogP) is 1.86. The molecular formula is C14H17N3O. The van der Waals surface area contributed by atoms with Crippen molar-refractivity contribution in [3.8, 4) is 0 Å². The summed E-state index contributed by atoms with van der Waals surface area (Å²) in [4.78, 5) is 14.5. The molecule has 94 valence electrons. The summed E-state index contributed by atoms with van der Waals surface area (Å²) in [5.74, 6) is 0.109. The summed E-state index contributed by atoms with van der Waals surface area (Å²) < 4.78 is 0. The molecule has 1 aromatic carbocycles. The molecule has 0 bridgehead atoms. The van der Waals surface area contributed by atoms with Gasteiger partial charge in [0.05, 0.1) is 11.1 Å². The van der Waals surface area contributed by atoms with Gasteiger partial charge in [-0.05, 0) is 42.9 Å². The lowest BCUT2D eigenvalue weighted by Crippen LogP contribution is -2.14. The number of amides is 1. The fraction of sp³-hybridized carbons (Fsp3) is 0.357. The molecular weight excluding hydrogens is 226 g/mol. The number of H-pyrrole nitrogens is 1. The van der Waals surface area contributed by atoms with Crippen LogP contribution in [0.15, 0.2) is 24.4 Å². The van der Waals surface area contributed by atoms with Gasteiger partial charge in [0, 0.05) is 17.6 Å². The number of primary amides is 1. The lowest BCUT2D eigenvalue weighted by atomic mass is 9.92. The van der Waals surface area contributed by atoms with E-state index < -0.39 is 5.91 Å². The number of hydrogen-bond donors (Lipinski definition) is 3. The van der Waals surface area contributed by atoms with Crippen molar-refractivity contribution >= 4 is 16.8 Å². The van der Waals surface area contributed by atoms with Crippen LogP contribution in [-0.4, -0.2) is 16.9 Å². The summed E-state index contributed by atoms with van der Waals surface area (Å²) in [7, 11) is 0. The average molecular weight is 243 g/mol. The predicted molar refractivity (Wildman–Crippen MR) is 71.4 cm³/mol. The number of benzene rings is 1. The van der Waals surface area contributed by atoms with Crippen LogP contribution in [0.3, 0.4) is 0 Å². The van der Waals surface area contributed by atoms with Crippen LogP contribution in [0.5, 0.6) is 0 Å². The highest BCUT2D eigenvalue weighted by atomic mass is 16.1. The number of aromatic amines is 1. The zero-order valence-corrected chi connectivity index (χ0v) is 10.1. The summed E-state index contributed by atoms with van der Waals surface area (Å²) in [6.07, 6.45) is 5.08. The van der Waals surface area contributed by atoms with Crippen molar-refractivity contribution in [1.29, 1.82) is 0 Å². The summed E-state index contributed by atoms with van der Waals surface area (Å²) in [6.45, 7) is 0. The molecule has 1 aromatic heterocycles. The minimum absolute atomic E-state index is 0.305. The monoisotopic (exact) mass is 243 g/mol. The second-order valence-corrected chi connectivity index (χ2v) is 5.10. The topological polar surface area (TPSA) is 84.9 Å². The molecule has 5 N–H and O–H groups in total. The lowest BCUT2D eigenvalue weighted by molar-refractivity contribution is 0.100. The van der Waals surface area contributed by atoms with Crippen LogP contribution in [0, 0.1) is 0 Å². The highest BCUT2D eigenvalue weighted by molar-refractivity contribution is 6.05. The number of aromatic nitrogens is 1. The SMILES string of the molecule is NC(=O)c1ccc([C@H]2CC[C@@H](N)C2)c2cc[nH]c12. The van der Waals surface area contributed by atoms with Gasteiger partial charge in [0.2, 0.25) is 0 Å². The van der Waals surface area contributed by atoms with Crippen molar-refractivity contribution in [2.24, 2.45) is 11.5 Å². The first-order valence-electron chi connectivity index (χ1n) is 6.32. The van der Waals surface area contributed by atoms with Gasteiger partial charge in [0.25, 0.3) is 5.91 Å². The fourth-order valence-electron chi connectivity index (χ4n) is 3.04. The Labute approximate surface area is 105 Å². The molecule has 1 saturated carbocycles. The molecule has 2 atom stereocenters. The van der Waals surface area contributed by atoms with Crippen LogP contribution in [0.25, 0.3) is 10.9 Å². The second-order valence-electron chi connectivity index (χ2n) is 5.10. The molecule has 4 heteroatoms. The van der Waals surface area contributed by atoms with E-state index in [1.165, 1.54) is 5.56 Å². The maximum absolute atomic E-state index is 11.4. The second kappa shape index (κ2) is 4.14. The van der Waals surface area contributed by atoms with E-state index in [0.717, 1.165) is 30.2 Å². The number of carbonyl (C=O) groups excluding carboxylic acids is 1. The van der Waals surface area contributed by atoms with Crippen molar-refractivity contribution in [2.45, 2.75) is 31.2 Å². The Balaban J connectivity index is 2.12. The Morgan fingerprint density at radius 1 is 1.28 bits per heavy atom. The van der Waals surface area contributed by atoms with E-state index in [1.807, 2.05) is 24.4 Å². The van der Waals surface area contributed by atoms with Gasteiger partial charge in [-0.3, -0.25) is 4.79 Å². The number of nitrogens with two attached hydrogens (primary N) is 2. The normalized spacial score (nSPS) is 23.6. The first-order valence-corrected chi connectivity index (χ1v) is 6.32. The van der Waals surface area contributed by atoms with Crippen molar-refractivity contribution in [1.82, 2.24) is 4.98 Å². The van der Waals surface area contributed by atoms with E-state index in [2.05, 4.69) is 4.98 Å². The maximum atomic E-state index is 11.4. The van der Waals surface area contributed by atoms with Gasteiger partial charge in [-0.15, -0.1) is 0 Å². The summed E-state index contributed by atoms with van der Waals surface area (Å²) >= 11 is 0. The number of nitrogens with one attached hydrogen (secondary N) is 1. The number of carbonyl (C=O) groups is 1. The minimum atomic E-state index is -0.392. The third-order valence-electron chi connectivity index (χ3n) is 3.94. The Kier molecular flexibility index (Phi) is 2.59. The van der Waals surface area contributed by atoms with Crippen LogP contribution in [0.2, 0.25) is 0 Å². The molecule has 4 nitrogen and oxygen atoms in total. The van der Waals surface area contributed by atoms with Gasteiger partial charge >= 0.3 is 0 Å². The summed E-state index contributed by atoms with van der Waals surface area (Å²) in [5, 5.41) is 1.10. The van der Waals surface area contributed by atoms with E-state index in [1.54, 1.807) is 0 Å². The first-order chi connectivity index (χ1) is 8.66. The highest BCUT2D eigenvalue weighted by Gasteiger charge is 2.25. The molecule has 3 rings (SSSR count). The van der Waals surface area contributed by atoms with E-state index in [9.17, 15) is 4.79 Å². The zero-order valence-electron chi connectivity index (χ0n) is 10.1. The molecule has 18 heavy (non-hydrogen) atoms. The number of fused-ring (bicyclic) bond motifs is 1. The third kappa shape index (κ3) is 1.69. The van der Waals surface area contributed by atoms with Crippen molar-refractivity contribution in [3.05, 3.63) is 35.5 Å². The Morgan fingerprint density at radius 3 is 2.78 bits per heavy atom. The number of hydrogen-bond acceptors (Lipinski definition) is 2. The van der Waals surface area contributed by atoms with E-state index in [-0.39, 0.29) is 0 Å². The van der Waals surface area contributed by atoms with Crippen molar-refractivity contribution < 1.29 is 4.79 Å². The largest absolute Gasteiger partial charge is 0.366 e. The lowest BCUT2D eigenvalue weighted by Gasteiger charge is -2.12. The zero-order chi connectivity index (χ0) is 12.7. The first kappa shape index (κ1) is 11.3. The van der Waals surface area contributed by atoms with Gasteiger partial charge in [0.1, 0.15) is 0 Å². The highest BCUT2D eigenvalue weighted by Crippen LogP contribution is 2.37. The smallest absolute Gasteiger partial charge is 0.250 e. The fourth-order valence-corrected chi connectivity index (χ4v) is 3.04.